The summed E-state index contributed by atoms with van der Waals surface area (Å²) < 4.78 is 5.03. The molecule has 0 unspecified atom stereocenters. The van der Waals surface area contributed by atoms with E-state index in [-0.39, 0.29) is 11.8 Å². The molecule has 0 bridgehead atoms. The SMILES string of the molecule is COc1cccc(C2=CC(=O)NC2=O)c1.c1ccc2cc3ccccc3cc2c1. The van der Waals surface area contributed by atoms with Crippen LogP contribution >= 0.6 is 0 Å². The molecule has 0 spiro atoms. The number of imide groups is 1. The highest BCUT2D eigenvalue weighted by molar-refractivity contribution is 6.33. The number of methoxy groups -OCH3 is 1. The lowest BCUT2D eigenvalue weighted by atomic mass is 10.0. The second-order valence-corrected chi connectivity index (χ2v) is 6.65. The van der Waals surface area contributed by atoms with Crippen LogP contribution in [0.5, 0.6) is 5.75 Å². The maximum atomic E-state index is 11.3. The molecule has 0 saturated carbocycles. The highest BCUT2D eigenvalue weighted by Crippen LogP contribution is 2.23. The Kier molecular flexibility index (Phi) is 5.08. The van der Waals surface area contributed by atoms with Crippen LogP contribution in [0.3, 0.4) is 0 Å². The van der Waals surface area contributed by atoms with Gasteiger partial charge in [0.15, 0.2) is 0 Å². The molecule has 0 aliphatic carbocycles. The van der Waals surface area contributed by atoms with Gasteiger partial charge in [-0.25, -0.2) is 0 Å². The Morgan fingerprint density at radius 3 is 1.69 bits per heavy atom. The first kappa shape index (κ1) is 18.4. The first-order valence-electron chi connectivity index (χ1n) is 9.23. The maximum Gasteiger partial charge on any atom is 0.258 e. The van der Waals surface area contributed by atoms with Gasteiger partial charge in [-0.1, -0.05) is 60.7 Å². The van der Waals surface area contributed by atoms with Crippen molar-refractivity contribution in [2.75, 3.05) is 7.11 Å². The van der Waals surface area contributed by atoms with E-state index in [1.807, 2.05) is 0 Å². The van der Waals surface area contributed by atoms with Gasteiger partial charge in [0.1, 0.15) is 5.75 Å². The summed E-state index contributed by atoms with van der Waals surface area (Å²) in [5.74, 6) is -0.0911. The minimum atomic E-state index is -0.377. The summed E-state index contributed by atoms with van der Waals surface area (Å²) in [5, 5.41) is 7.44. The zero-order chi connectivity index (χ0) is 20.2. The van der Waals surface area contributed by atoms with E-state index in [2.05, 4.69) is 66.0 Å². The number of benzene rings is 4. The molecule has 2 amide bonds. The van der Waals surface area contributed by atoms with Gasteiger partial charge in [0, 0.05) is 6.08 Å². The third-order valence-electron chi connectivity index (χ3n) is 4.75. The second-order valence-electron chi connectivity index (χ2n) is 6.65. The number of carbonyl (C=O) groups excluding carboxylic acids is 2. The third-order valence-corrected chi connectivity index (χ3v) is 4.75. The lowest BCUT2D eigenvalue weighted by Gasteiger charge is -2.03. The predicted molar refractivity (Wildman–Crippen MR) is 116 cm³/mol. The molecular formula is C25H19NO3. The molecule has 4 heteroatoms. The minimum absolute atomic E-state index is 0.367. The summed E-state index contributed by atoms with van der Waals surface area (Å²) in [4.78, 5) is 22.3. The van der Waals surface area contributed by atoms with Gasteiger partial charge in [-0.05, 0) is 51.4 Å². The topological polar surface area (TPSA) is 55.4 Å². The highest BCUT2D eigenvalue weighted by atomic mass is 16.5. The molecule has 4 aromatic rings. The van der Waals surface area contributed by atoms with Crippen molar-refractivity contribution in [2.45, 2.75) is 0 Å². The Morgan fingerprint density at radius 1 is 0.690 bits per heavy atom. The zero-order valence-electron chi connectivity index (χ0n) is 15.9. The van der Waals surface area contributed by atoms with Crippen LogP contribution in [0, 0.1) is 0 Å². The normalized spacial score (nSPS) is 12.9. The molecule has 1 heterocycles. The zero-order valence-corrected chi connectivity index (χ0v) is 15.9. The first-order valence-corrected chi connectivity index (χ1v) is 9.23. The average molecular weight is 381 g/mol. The minimum Gasteiger partial charge on any atom is -0.497 e. The molecule has 0 fully saturated rings. The van der Waals surface area contributed by atoms with Crippen molar-refractivity contribution in [3.05, 3.63) is 96.6 Å². The number of fused-ring (bicyclic) bond motifs is 2. The number of amides is 2. The summed E-state index contributed by atoms with van der Waals surface area (Å²) >= 11 is 0. The van der Waals surface area contributed by atoms with Crippen molar-refractivity contribution in [3.8, 4) is 5.75 Å². The van der Waals surface area contributed by atoms with Crippen molar-refractivity contribution in [1.29, 1.82) is 0 Å². The van der Waals surface area contributed by atoms with E-state index in [1.54, 1.807) is 31.4 Å². The van der Waals surface area contributed by atoms with E-state index in [9.17, 15) is 9.59 Å². The van der Waals surface area contributed by atoms with E-state index in [0.717, 1.165) is 0 Å². The van der Waals surface area contributed by atoms with Gasteiger partial charge in [0.05, 0.1) is 12.7 Å². The molecule has 0 radical (unpaired) electrons. The van der Waals surface area contributed by atoms with Crippen LogP contribution in [-0.2, 0) is 9.59 Å². The Morgan fingerprint density at radius 2 is 1.24 bits per heavy atom. The Hall–Kier alpha value is -3.92. The lowest BCUT2D eigenvalue weighted by Crippen LogP contribution is -2.21. The van der Waals surface area contributed by atoms with Crippen molar-refractivity contribution in [1.82, 2.24) is 5.32 Å². The van der Waals surface area contributed by atoms with Crippen LogP contribution < -0.4 is 10.1 Å². The number of ether oxygens (including phenoxy) is 1. The van der Waals surface area contributed by atoms with E-state index >= 15 is 0 Å². The molecule has 142 valence electrons. The molecule has 0 atom stereocenters. The lowest BCUT2D eigenvalue weighted by molar-refractivity contribution is -0.123. The molecule has 5 rings (SSSR count). The Balaban J connectivity index is 0.000000141. The number of hydrogen-bond donors (Lipinski definition) is 1. The summed E-state index contributed by atoms with van der Waals surface area (Å²) in [7, 11) is 1.55. The molecule has 0 saturated heterocycles. The van der Waals surface area contributed by atoms with E-state index in [1.165, 1.54) is 27.6 Å². The van der Waals surface area contributed by atoms with E-state index in [4.69, 9.17) is 4.74 Å². The average Bonchev–Trinajstić information content (AvgIpc) is 3.10. The van der Waals surface area contributed by atoms with Crippen molar-refractivity contribution in [3.63, 3.8) is 0 Å². The molecule has 29 heavy (non-hydrogen) atoms. The number of hydrogen-bond acceptors (Lipinski definition) is 3. The highest BCUT2D eigenvalue weighted by Gasteiger charge is 2.22. The summed E-state index contributed by atoms with van der Waals surface area (Å²) in [5.41, 5.74) is 1.05. The second kappa shape index (κ2) is 7.98. The molecule has 0 aromatic heterocycles. The van der Waals surface area contributed by atoms with Gasteiger partial charge >= 0.3 is 0 Å². The van der Waals surface area contributed by atoms with E-state index < -0.39 is 0 Å². The molecule has 1 aliphatic rings. The maximum absolute atomic E-state index is 11.3. The molecule has 1 N–H and O–H groups in total. The van der Waals surface area contributed by atoms with Gasteiger partial charge in [0.25, 0.3) is 11.8 Å². The van der Waals surface area contributed by atoms with Crippen LogP contribution in [0.1, 0.15) is 5.56 Å². The van der Waals surface area contributed by atoms with Crippen LogP contribution in [0.2, 0.25) is 0 Å². The van der Waals surface area contributed by atoms with Gasteiger partial charge in [-0.3, -0.25) is 14.9 Å². The molecule has 1 aliphatic heterocycles. The van der Waals surface area contributed by atoms with E-state index in [0.29, 0.717) is 16.9 Å². The van der Waals surface area contributed by atoms with Gasteiger partial charge < -0.3 is 4.74 Å². The predicted octanol–water partition coefficient (Wildman–Crippen LogP) is 4.73. The van der Waals surface area contributed by atoms with Crippen LogP contribution in [0.25, 0.3) is 27.1 Å². The Bertz CT molecular complexity index is 1150. The summed E-state index contributed by atoms with van der Waals surface area (Å²) in [6.45, 7) is 0. The largest absolute Gasteiger partial charge is 0.497 e. The summed E-state index contributed by atoms with van der Waals surface area (Å²) in [6.07, 6.45) is 1.29. The van der Waals surface area contributed by atoms with Crippen molar-refractivity contribution < 1.29 is 14.3 Å². The quantitative estimate of drug-likeness (QED) is 0.403. The summed E-state index contributed by atoms with van der Waals surface area (Å²) in [6, 6.07) is 28.4. The van der Waals surface area contributed by atoms with Crippen LogP contribution in [0.15, 0.2) is 91.0 Å². The van der Waals surface area contributed by atoms with Gasteiger partial charge in [-0.15, -0.1) is 0 Å². The number of rotatable bonds is 2. The fourth-order valence-corrected chi connectivity index (χ4v) is 3.30. The number of carbonyl (C=O) groups is 2. The van der Waals surface area contributed by atoms with Crippen LogP contribution in [0.4, 0.5) is 0 Å². The molecule has 4 nitrogen and oxygen atoms in total. The standard InChI is InChI=1S/C14H10.C11H9NO3/c1-2-6-12-10-14-8-4-3-7-13(14)9-11(12)5-1;1-15-8-4-2-3-7(5-8)9-6-10(13)12-11(9)14/h1-10H;2-6H,1H3,(H,12,13,14). The van der Waals surface area contributed by atoms with Gasteiger partial charge in [-0.2, -0.15) is 0 Å². The Labute approximate surface area is 168 Å². The smallest absolute Gasteiger partial charge is 0.258 e. The number of nitrogens with one attached hydrogen (secondary N) is 1. The molecule has 4 aromatic carbocycles. The fourth-order valence-electron chi connectivity index (χ4n) is 3.30. The molecular weight excluding hydrogens is 362 g/mol. The van der Waals surface area contributed by atoms with Crippen LogP contribution in [-0.4, -0.2) is 18.9 Å². The fraction of sp³-hybridized carbons (Fsp3) is 0.0400. The monoisotopic (exact) mass is 381 g/mol. The van der Waals surface area contributed by atoms with Crippen molar-refractivity contribution in [2.24, 2.45) is 0 Å². The first-order chi connectivity index (χ1) is 14.1. The van der Waals surface area contributed by atoms with Gasteiger partial charge in [0.2, 0.25) is 0 Å². The third kappa shape index (κ3) is 4.01. The van der Waals surface area contributed by atoms with Crippen molar-refractivity contribution >= 4 is 38.9 Å².